The molecule has 0 bridgehead atoms. The van der Waals surface area contributed by atoms with Gasteiger partial charge in [0.25, 0.3) is 5.91 Å². The summed E-state index contributed by atoms with van der Waals surface area (Å²) in [5, 5.41) is 10.8. The molecule has 0 saturated carbocycles. The summed E-state index contributed by atoms with van der Waals surface area (Å²) < 4.78 is 0. The molecule has 0 spiro atoms. The number of amides is 1. The van der Waals surface area contributed by atoms with Gasteiger partial charge in [-0.3, -0.25) is 4.79 Å². The highest BCUT2D eigenvalue weighted by Crippen LogP contribution is 2.31. The fraction of sp³-hybridized carbons (Fsp3) is 0.188. The summed E-state index contributed by atoms with van der Waals surface area (Å²) in [7, 11) is 0. The molecular formula is C16H14ClN7O. The lowest BCUT2D eigenvalue weighted by atomic mass is 10.1. The summed E-state index contributed by atoms with van der Waals surface area (Å²) in [5.74, 6) is -0.263. The van der Waals surface area contributed by atoms with Crippen LogP contribution in [0.15, 0.2) is 36.7 Å². The number of aromatic nitrogens is 5. The molecule has 0 saturated heterocycles. The average molecular weight is 356 g/mol. The number of benzene rings is 1. The van der Waals surface area contributed by atoms with E-state index in [0.29, 0.717) is 0 Å². The van der Waals surface area contributed by atoms with Crippen LogP contribution in [0, 0.1) is 0 Å². The van der Waals surface area contributed by atoms with Crippen molar-refractivity contribution < 1.29 is 4.79 Å². The predicted octanol–water partition coefficient (Wildman–Crippen LogP) is 1.71. The SMILES string of the molecule is Nc1nc(-n2nccn2)c(Cl)nc1C(=O)N[C@@H]1CCc2ccccc21. The largest absolute Gasteiger partial charge is 0.382 e. The van der Waals surface area contributed by atoms with Gasteiger partial charge in [-0.25, -0.2) is 9.97 Å². The topological polar surface area (TPSA) is 112 Å². The Labute approximate surface area is 148 Å². The molecule has 0 fully saturated rings. The van der Waals surface area contributed by atoms with Crippen LogP contribution in [0.1, 0.15) is 34.1 Å². The number of anilines is 1. The molecule has 3 aromatic rings. The van der Waals surface area contributed by atoms with Crippen molar-refractivity contribution in [2.24, 2.45) is 0 Å². The first-order valence-electron chi connectivity index (χ1n) is 7.72. The molecule has 0 radical (unpaired) electrons. The molecule has 1 aromatic carbocycles. The highest BCUT2D eigenvalue weighted by molar-refractivity contribution is 6.31. The number of nitrogens with one attached hydrogen (secondary N) is 1. The van der Waals surface area contributed by atoms with Gasteiger partial charge < -0.3 is 11.1 Å². The van der Waals surface area contributed by atoms with Gasteiger partial charge in [0.05, 0.1) is 18.4 Å². The highest BCUT2D eigenvalue weighted by atomic mass is 35.5. The van der Waals surface area contributed by atoms with Crippen molar-refractivity contribution in [3.8, 4) is 5.82 Å². The maximum absolute atomic E-state index is 12.6. The van der Waals surface area contributed by atoms with Gasteiger partial charge in [0.15, 0.2) is 16.7 Å². The molecule has 1 amide bonds. The van der Waals surface area contributed by atoms with Crippen molar-refractivity contribution in [2.45, 2.75) is 18.9 Å². The van der Waals surface area contributed by atoms with Crippen LogP contribution < -0.4 is 11.1 Å². The Morgan fingerprint density at radius 3 is 2.80 bits per heavy atom. The van der Waals surface area contributed by atoms with Crippen LogP contribution in [0.3, 0.4) is 0 Å². The fourth-order valence-corrected chi connectivity index (χ4v) is 3.17. The van der Waals surface area contributed by atoms with E-state index in [4.69, 9.17) is 17.3 Å². The lowest BCUT2D eigenvalue weighted by molar-refractivity contribution is 0.0932. The first-order valence-corrected chi connectivity index (χ1v) is 8.09. The van der Waals surface area contributed by atoms with E-state index in [9.17, 15) is 4.79 Å². The second-order valence-electron chi connectivity index (χ2n) is 5.65. The summed E-state index contributed by atoms with van der Waals surface area (Å²) >= 11 is 6.12. The van der Waals surface area contributed by atoms with E-state index in [1.807, 2.05) is 18.2 Å². The van der Waals surface area contributed by atoms with Crippen LogP contribution in [-0.2, 0) is 6.42 Å². The summed E-state index contributed by atoms with van der Waals surface area (Å²) in [6.07, 6.45) is 4.72. The third-order valence-electron chi connectivity index (χ3n) is 4.12. The quantitative estimate of drug-likeness (QED) is 0.739. The van der Waals surface area contributed by atoms with E-state index in [-0.39, 0.29) is 28.5 Å². The maximum Gasteiger partial charge on any atom is 0.274 e. The van der Waals surface area contributed by atoms with Crippen molar-refractivity contribution in [3.63, 3.8) is 0 Å². The second-order valence-corrected chi connectivity index (χ2v) is 6.01. The van der Waals surface area contributed by atoms with Crippen molar-refractivity contribution in [2.75, 3.05) is 5.73 Å². The van der Waals surface area contributed by atoms with E-state index < -0.39 is 5.91 Å². The predicted molar refractivity (Wildman–Crippen MR) is 91.3 cm³/mol. The second kappa shape index (κ2) is 6.14. The minimum atomic E-state index is -0.409. The van der Waals surface area contributed by atoms with Crippen molar-refractivity contribution in [1.29, 1.82) is 0 Å². The van der Waals surface area contributed by atoms with Gasteiger partial charge in [0.2, 0.25) is 5.82 Å². The van der Waals surface area contributed by atoms with Gasteiger partial charge in [0, 0.05) is 0 Å². The molecule has 3 N–H and O–H groups in total. The zero-order valence-electron chi connectivity index (χ0n) is 13.1. The molecule has 2 aromatic heterocycles. The standard InChI is InChI=1S/C16H14ClN7O/c17-13-15(24-19-7-8-20-24)23-14(18)12(22-13)16(25)21-11-6-5-9-3-1-2-4-10(9)11/h1-4,7-8,11H,5-6H2,(H2,18,23)(H,21,25)/t11-/m1/s1. The molecule has 25 heavy (non-hydrogen) atoms. The molecule has 1 atom stereocenters. The molecule has 0 unspecified atom stereocenters. The Morgan fingerprint density at radius 2 is 2.00 bits per heavy atom. The summed E-state index contributed by atoms with van der Waals surface area (Å²) in [6, 6.07) is 7.96. The first-order chi connectivity index (χ1) is 12.1. The number of aryl methyl sites for hydroxylation is 1. The molecule has 1 aliphatic rings. The molecule has 1 aliphatic carbocycles. The van der Waals surface area contributed by atoms with E-state index in [1.54, 1.807) is 0 Å². The lowest BCUT2D eigenvalue weighted by Gasteiger charge is -2.15. The minimum Gasteiger partial charge on any atom is -0.382 e. The average Bonchev–Trinajstić information content (AvgIpc) is 3.27. The van der Waals surface area contributed by atoms with Gasteiger partial charge >= 0.3 is 0 Å². The molecule has 126 valence electrons. The number of nitrogens with zero attached hydrogens (tertiary/aromatic N) is 5. The molecule has 4 rings (SSSR count). The van der Waals surface area contributed by atoms with Crippen LogP contribution in [0.5, 0.6) is 0 Å². The van der Waals surface area contributed by atoms with Gasteiger partial charge in [-0.2, -0.15) is 10.2 Å². The number of rotatable bonds is 3. The minimum absolute atomic E-state index is 0.00220. The maximum atomic E-state index is 12.6. The molecule has 9 heteroatoms. The van der Waals surface area contributed by atoms with Crippen molar-refractivity contribution in [3.05, 3.63) is 58.6 Å². The van der Waals surface area contributed by atoms with E-state index in [2.05, 4.69) is 31.5 Å². The van der Waals surface area contributed by atoms with Gasteiger partial charge in [-0.15, -0.1) is 4.80 Å². The van der Waals surface area contributed by atoms with Crippen LogP contribution in [-0.4, -0.2) is 30.9 Å². The molecular weight excluding hydrogens is 342 g/mol. The molecule has 0 aliphatic heterocycles. The van der Waals surface area contributed by atoms with Gasteiger partial charge in [0.1, 0.15) is 0 Å². The number of carbonyl (C=O) groups is 1. The number of carbonyl (C=O) groups excluding carboxylic acids is 1. The monoisotopic (exact) mass is 355 g/mol. The van der Waals surface area contributed by atoms with Crippen LogP contribution in [0.25, 0.3) is 5.82 Å². The van der Waals surface area contributed by atoms with E-state index >= 15 is 0 Å². The van der Waals surface area contributed by atoms with Crippen molar-refractivity contribution >= 4 is 23.3 Å². The zero-order valence-corrected chi connectivity index (χ0v) is 13.8. The molecule has 2 heterocycles. The number of nitrogen functional groups attached to an aromatic ring is 1. The number of hydrogen-bond donors (Lipinski definition) is 2. The van der Waals surface area contributed by atoms with Crippen LogP contribution in [0.4, 0.5) is 5.82 Å². The number of hydrogen-bond acceptors (Lipinski definition) is 6. The summed E-state index contributed by atoms with van der Waals surface area (Å²) in [4.78, 5) is 22.0. The van der Waals surface area contributed by atoms with E-state index in [1.165, 1.54) is 22.8 Å². The van der Waals surface area contributed by atoms with Crippen molar-refractivity contribution in [1.82, 2.24) is 30.3 Å². The van der Waals surface area contributed by atoms with Gasteiger partial charge in [-0.1, -0.05) is 35.9 Å². The Kier molecular flexibility index (Phi) is 3.81. The summed E-state index contributed by atoms with van der Waals surface area (Å²) in [6.45, 7) is 0. The third-order valence-corrected chi connectivity index (χ3v) is 4.38. The third kappa shape index (κ3) is 2.80. The van der Waals surface area contributed by atoms with E-state index in [0.717, 1.165) is 18.4 Å². The van der Waals surface area contributed by atoms with Gasteiger partial charge in [-0.05, 0) is 24.0 Å². The highest BCUT2D eigenvalue weighted by Gasteiger charge is 2.26. The number of nitrogens with two attached hydrogens (primary N) is 1. The zero-order chi connectivity index (χ0) is 17.4. The summed E-state index contributed by atoms with van der Waals surface area (Å²) in [5.41, 5.74) is 8.25. The Bertz CT molecular complexity index is 942. The Balaban J connectivity index is 1.60. The normalized spacial score (nSPS) is 15.8. The fourth-order valence-electron chi connectivity index (χ4n) is 2.97. The Hall–Kier alpha value is -3.00. The Morgan fingerprint density at radius 1 is 1.24 bits per heavy atom. The number of halogens is 1. The van der Waals surface area contributed by atoms with Crippen LogP contribution in [0.2, 0.25) is 5.15 Å². The van der Waals surface area contributed by atoms with Crippen LogP contribution >= 0.6 is 11.6 Å². The molecule has 8 nitrogen and oxygen atoms in total. The first kappa shape index (κ1) is 15.5. The number of fused-ring (bicyclic) bond motifs is 1. The lowest BCUT2D eigenvalue weighted by Crippen LogP contribution is -2.29. The smallest absolute Gasteiger partial charge is 0.274 e.